The van der Waals surface area contributed by atoms with Gasteiger partial charge in [-0.25, -0.2) is 9.59 Å². The largest absolute Gasteiger partial charge is 0.444 e. The van der Waals surface area contributed by atoms with Gasteiger partial charge in [0, 0.05) is 13.3 Å². The van der Waals surface area contributed by atoms with Gasteiger partial charge in [-0.1, -0.05) is 18.2 Å². The normalized spacial score (nSPS) is 13.3. The fraction of sp³-hybridized carbons (Fsp3) is 0.500. The highest BCUT2D eigenvalue weighted by molar-refractivity contribution is 7.99. The molecule has 0 heterocycles. The fourth-order valence-electron chi connectivity index (χ4n) is 1.99. The summed E-state index contributed by atoms with van der Waals surface area (Å²) in [6, 6.07) is 7.58. The minimum atomic E-state index is -0.977. The van der Waals surface area contributed by atoms with Crippen LogP contribution >= 0.6 is 11.8 Å². The highest BCUT2D eigenvalue weighted by Gasteiger charge is 2.29. The predicted molar refractivity (Wildman–Crippen MR) is 101 cm³/mol. The van der Waals surface area contributed by atoms with Crippen molar-refractivity contribution in [2.45, 2.75) is 51.1 Å². The molecule has 26 heavy (non-hydrogen) atoms. The van der Waals surface area contributed by atoms with Gasteiger partial charge in [-0.3, -0.25) is 4.79 Å². The van der Waals surface area contributed by atoms with Crippen molar-refractivity contribution >= 4 is 29.7 Å². The number of carbonyl (C=O) groups is 3. The number of amides is 2. The molecular formula is C18H26N2O5S. The molecule has 0 saturated carbocycles. The summed E-state index contributed by atoms with van der Waals surface area (Å²) in [5.41, 5.74) is -0.700. The lowest BCUT2D eigenvalue weighted by Gasteiger charge is -2.25. The van der Waals surface area contributed by atoms with Crippen molar-refractivity contribution in [3.8, 4) is 5.75 Å². The smallest absolute Gasteiger partial charge is 0.408 e. The zero-order valence-corrected chi connectivity index (χ0v) is 16.5. The molecule has 1 aromatic carbocycles. The molecule has 0 saturated heterocycles. The number of alkyl carbamates (subject to hydrolysis) is 1. The van der Waals surface area contributed by atoms with Crippen molar-refractivity contribution in [1.82, 2.24) is 10.6 Å². The highest BCUT2D eigenvalue weighted by atomic mass is 32.2. The molecule has 0 aliphatic carbocycles. The molecule has 7 nitrogen and oxygen atoms in total. The van der Waals surface area contributed by atoms with Crippen LogP contribution in [0.15, 0.2) is 30.3 Å². The summed E-state index contributed by atoms with van der Waals surface area (Å²) in [6.07, 6.45) is 1.23. The summed E-state index contributed by atoms with van der Waals surface area (Å²) < 4.78 is 10.5. The van der Waals surface area contributed by atoms with Gasteiger partial charge < -0.3 is 20.1 Å². The summed E-state index contributed by atoms with van der Waals surface area (Å²) in [4.78, 5) is 35.9. The molecule has 1 aromatic rings. The maximum absolute atomic E-state index is 12.5. The average Bonchev–Trinajstić information content (AvgIpc) is 2.52. The van der Waals surface area contributed by atoms with Crippen molar-refractivity contribution in [3.05, 3.63) is 30.3 Å². The Kier molecular flexibility index (Phi) is 8.44. The summed E-state index contributed by atoms with van der Waals surface area (Å²) >= 11 is 1.36. The van der Waals surface area contributed by atoms with Gasteiger partial charge in [0.25, 0.3) is 0 Å². The van der Waals surface area contributed by atoms with E-state index in [9.17, 15) is 14.4 Å². The molecule has 0 fully saturated rings. The minimum absolute atomic E-state index is 0.158. The number of rotatable bonds is 7. The average molecular weight is 382 g/mol. The number of nitrogens with one attached hydrogen (secondary N) is 2. The van der Waals surface area contributed by atoms with Crippen molar-refractivity contribution in [3.63, 3.8) is 0 Å². The van der Waals surface area contributed by atoms with E-state index in [1.807, 2.05) is 0 Å². The Balaban J connectivity index is 2.86. The highest BCUT2D eigenvalue weighted by Crippen LogP contribution is 2.15. The van der Waals surface area contributed by atoms with Crippen LogP contribution in [0.5, 0.6) is 5.75 Å². The van der Waals surface area contributed by atoms with Crippen LogP contribution in [0.4, 0.5) is 4.79 Å². The molecule has 0 radical (unpaired) electrons. The van der Waals surface area contributed by atoms with Crippen LogP contribution in [0.2, 0.25) is 0 Å². The van der Waals surface area contributed by atoms with E-state index in [4.69, 9.17) is 9.47 Å². The van der Waals surface area contributed by atoms with Gasteiger partial charge in [0.05, 0.1) is 5.37 Å². The van der Waals surface area contributed by atoms with Crippen LogP contribution in [0.1, 0.15) is 34.1 Å². The van der Waals surface area contributed by atoms with E-state index in [1.54, 1.807) is 57.4 Å². The molecule has 2 unspecified atom stereocenters. The second-order valence-corrected chi connectivity index (χ2v) is 7.63. The maximum Gasteiger partial charge on any atom is 0.408 e. The number of esters is 1. The number of hydrogen-bond acceptors (Lipinski definition) is 6. The number of ether oxygens (including phenoxy) is 2. The number of para-hydroxylation sites is 1. The first-order valence-electron chi connectivity index (χ1n) is 8.17. The monoisotopic (exact) mass is 382 g/mol. The third kappa shape index (κ3) is 8.75. The van der Waals surface area contributed by atoms with E-state index in [0.29, 0.717) is 5.75 Å². The molecule has 0 aliphatic heterocycles. The number of thioether (sulfide) groups is 1. The molecular weight excluding hydrogens is 356 g/mol. The molecule has 0 aliphatic rings. The first-order chi connectivity index (χ1) is 12.1. The Morgan fingerprint density at radius 2 is 1.73 bits per heavy atom. The van der Waals surface area contributed by atoms with Gasteiger partial charge in [0.1, 0.15) is 17.4 Å². The zero-order valence-electron chi connectivity index (χ0n) is 15.7. The Labute approximate surface area is 158 Å². The Bertz CT molecular complexity index is 616. The Morgan fingerprint density at radius 1 is 1.12 bits per heavy atom. The van der Waals surface area contributed by atoms with Crippen molar-refractivity contribution in [2.24, 2.45) is 0 Å². The minimum Gasteiger partial charge on any atom is -0.444 e. The van der Waals surface area contributed by atoms with Gasteiger partial charge in [-0.2, -0.15) is 0 Å². The molecule has 2 amide bonds. The third-order valence-corrected chi connectivity index (χ3v) is 3.92. The van der Waals surface area contributed by atoms with Gasteiger partial charge in [-0.05, 0) is 39.2 Å². The second kappa shape index (κ2) is 10.1. The van der Waals surface area contributed by atoms with Crippen molar-refractivity contribution in [1.29, 1.82) is 0 Å². The van der Waals surface area contributed by atoms with Crippen molar-refractivity contribution in [2.75, 3.05) is 6.26 Å². The van der Waals surface area contributed by atoms with Gasteiger partial charge >= 0.3 is 12.1 Å². The lowest BCUT2D eigenvalue weighted by atomic mass is 10.2. The number of benzene rings is 1. The van der Waals surface area contributed by atoms with E-state index in [2.05, 4.69) is 10.6 Å². The molecule has 1 rings (SSSR count). The van der Waals surface area contributed by atoms with Crippen LogP contribution in [0.3, 0.4) is 0 Å². The van der Waals surface area contributed by atoms with Crippen molar-refractivity contribution < 1.29 is 23.9 Å². The van der Waals surface area contributed by atoms with Crippen LogP contribution < -0.4 is 15.4 Å². The van der Waals surface area contributed by atoms with Crippen LogP contribution in [-0.4, -0.2) is 41.2 Å². The van der Waals surface area contributed by atoms with E-state index in [1.165, 1.54) is 18.7 Å². The van der Waals surface area contributed by atoms with Crippen LogP contribution in [-0.2, 0) is 14.3 Å². The van der Waals surface area contributed by atoms with Crippen LogP contribution in [0.25, 0.3) is 0 Å². The quantitative estimate of drug-likeness (QED) is 0.428. The molecule has 2 atom stereocenters. The fourth-order valence-corrected chi connectivity index (χ4v) is 2.66. The van der Waals surface area contributed by atoms with Crippen LogP contribution in [0, 0.1) is 0 Å². The van der Waals surface area contributed by atoms with E-state index in [-0.39, 0.29) is 17.7 Å². The summed E-state index contributed by atoms with van der Waals surface area (Å²) in [7, 11) is 0. The third-order valence-electron chi connectivity index (χ3n) is 3.04. The van der Waals surface area contributed by atoms with E-state index in [0.717, 1.165) is 0 Å². The maximum atomic E-state index is 12.5. The molecule has 0 aromatic heterocycles. The molecule has 2 N–H and O–H groups in total. The Hall–Kier alpha value is -2.22. The van der Waals surface area contributed by atoms with Gasteiger partial charge in [-0.15, -0.1) is 11.8 Å². The van der Waals surface area contributed by atoms with E-state index >= 15 is 0 Å². The van der Waals surface area contributed by atoms with Gasteiger partial charge in [0.2, 0.25) is 5.91 Å². The number of carbonyl (C=O) groups excluding carboxylic acids is 3. The molecule has 144 valence electrons. The van der Waals surface area contributed by atoms with E-state index < -0.39 is 23.7 Å². The topological polar surface area (TPSA) is 93.7 Å². The molecule has 0 bridgehead atoms. The lowest BCUT2D eigenvalue weighted by molar-refractivity contribution is -0.137. The predicted octanol–water partition coefficient (Wildman–Crippen LogP) is 2.70. The first-order valence-corrected chi connectivity index (χ1v) is 9.45. The standard InChI is InChI=1S/C18H26N2O5S/c1-12(21)19-15(26-5)11-14(20-17(23)25-18(2,3)4)16(22)24-13-9-7-6-8-10-13/h6-10,14-15H,11H2,1-5H3,(H,19,21)(H,20,23). The zero-order chi connectivity index (χ0) is 19.7. The first kappa shape index (κ1) is 21.8. The summed E-state index contributed by atoms with van der Waals surface area (Å²) in [6.45, 7) is 6.57. The summed E-state index contributed by atoms with van der Waals surface area (Å²) in [5, 5.41) is 4.89. The second-order valence-electron chi connectivity index (χ2n) is 6.59. The van der Waals surface area contributed by atoms with Gasteiger partial charge in [0.15, 0.2) is 0 Å². The summed E-state index contributed by atoms with van der Waals surface area (Å²) in [5.74, 6) is -0.489. The Morgan fingerprint density at radius 3 is 2.23 bits per heavy atom. The lowest BCUT2D eigenvalue weighted by Crippen LogP contribution is -2.48. The molecule has 0 spiro atoms. The molecule has 8 heteroatoms. The SMILES string of the molecule is CSC(CC(NC(=O)OC(C)(C)C)C(=O)Oc1ccccc1)NC(C)=O. The number of hydrogen-bond donors (Lipinski definition) is 2.